The van der Waals surface area contributed by atoms with Gasteiger partial charge in [-0.15, -0.1) is 0 Å². The molecule has 0 radical (unpaired) electrons. The molecule has 0 spiro atoms. The van der Waals surface area contributed by atoms with Crippen LogP contribution in [0.15, 0.2) is 48.7 Å². The number of benzene rings is 1. The average Bonchev–Trinajstić information content (AvgIpc) is 3.60. The first-order valence-corrected chi connectivity index (χ1v) is 11.2. The highest BCUT2D eigenvalue weighted by molar-refractivity contribution is 5.95. The molecular weight excluding hydrogens is 404 g/mol. The third-order valence-corrected chi connectivity index (χ3v) is 5.53. The lowest BCUT2D eigenvalue weighted by Gasteiger charge is -2.36. The van der Waals surface area contributed by atoms with Crippen molar-refractivity contribution in [2.45, 2.75) is 51.5 Å². The van der Waals surface area contributed by atoms with Crippen LogP contribution in [0.4, 0.5) is 5.82 Å². The lowest BCUT2D eigenvalue weighted by molar-refractivity contribution is -0.116. The summed E-state index contributed by atoms with van der Waals surface area (Å²) < 4.78 is 5.77. The number of amides is 2. The minimum absolute atomic E-state index is 0.0435. The number of rotatable bonds is 7. The lowest BCUT2D eigenvalue weighted by Crippen LogP contribution is -2.45. The van der Waals surface area contributed by atoms with E-state index in [0.29, 0.717) is 18.2 Å². The second kappa shape index (κ2) is 9.96. The van der Waals surface area contributed by atoms with Gasteiger partial charge < -0.3 is 20.3 Å². The van der Waals surface area contributed by atoms with E-state index in [4.69, 9.17) is 4.74 Å². The maximum Gasteiger partial charge on any atom is 0.251 e. The van der Waals surface area contributed by atoms with Gasteiger partial charge in [0.05, 0.1) is 12.2 Å². The highest BCUT2D eigenvalue weighted by Crippen LogP contribution is 2.20. The Labute approximate surface area is 188 Å². The smallest absolute Gasteiger partial charge is 0.251 e. The quantitative estimate of drug-likeness (QED) is 0.655. The van der Waals surface area contributed by atoms with Crippen molar-refractivity contribution in [3.63, 3.8) is 0 Å². The number of nitrogens with zero attached hydrogens (tertiary/aromatic N) is 2. The first kappa shape index (κ1) is 22.0. The van der Waals surface area contributed by atoms with E-state index >= 15 is 0 Å². The summed E-state index contributed by atoms with van der Waals surface area (Å²) in [6, 6.07) is 11.5. The Balaban J connectivity index is 1.24. The standard InChI is InChI=1S/C25H30N4O3/c1-17-15-29(16-18(2)32-17)23-11-5-20(13-26-23)14-27-24(30)12-6-19-3-7-21(8-4-19)25(31)28-22-9-10-22/h3-8,11-13,17-18,22H,9-10,14-16H2,1-2H3,(H,27,30)(H,28,31)/b12-6+. The monoisotopic (exact) mass is 434 g/mol. The van der Waals surface area contributed by atoms with Crippen molar-refractivity contribution in [2.75, 3.05) is 18.0 Å². The van der Waals surface area contributed by atoms with Gasteiger partial charge in [0, 0.05) is 43.5 Å². The van der Waals surface area contributed by atoms with Crippen molar-refractivity contribution in [1.82, 2.24) is 15.6 Å². The number of hydrogen-bond donors (Lipinski definition) is 2. The number of aromatic nitrogens is 1. The number of hydrogen-bond acceptors (Lipinski definition) is 5. The molecule has 2 fully saturated rings. The van der Waals surface area contributed by atoms with Gasteiger partial charge in [0.1, 0.15) is 5.82 Å². The maximum atomic E-state index is 12.2. The van der Waals surface area contributed by atoms with Gasteiger partial charge in [-0.05, 0) is 62.1 Å². The third-order valence-electron chi connectivity index (χ3n) is 5.53. The maximum absolute atomic E-state index is 12.2. The normalized spacial score (nSPS) is 20.9. The predicted octanol–water partition coefficient (Wildman–Crippen LogP) is 2.92. The molecule has 32 heavy (non-hydrogen) atoms. The highest BCUT2D eigenvalue weighted by Gasteiger charge is 2.24. The van der Waals surface area contributed by atoms with E-state index < -0.39 is 0 Å². The number of carbonyl (C=O) groups is 2. The van der Waals surface area contributed by atoms with Crippen LogP contribution in [-0.4, -0.2) is 48.1 Å². The Kier molecular flexibility index (Phi) is 6.85. The molecule has 1 aromatic carbocycles. The molecule has 2 amide bonds. The van der Waals surface area contributed by atoms with Crippen molar-refractivity contribution in [1.29, 1.82) is 0 Å². The molecule has 168 valence electrons. The van der Waals surface area contributed by atoms with E-state index in [2.05, 4.69) is 34.4 Å². The van der Waals surface area contributed by atoms with Gasteiger partial charge in [-0.3, -0.25) is 9.59 Å². The van der Waals surface area contributed by atoms with Crippen LogP contribution in [-0.2, 0) is 16.1 Å². The Morgan fingerprint density at radius 3 is 2.44 bits per heavy atom. The zero-order valence-electron chi connectivity index (χ0n) is 18.6. The summed E-state index contributed by atoms with van der Waals surface area (Å²) in [6.45, 7) is 6.20. The predicted molar refractivity (Wildman–Crippen MR) is 124 cm³/mol. The molecule has 2 N–H and O–H groups in total. The Morgan fingerprint density at radius 2 is 1.81 bits per heavy atom. The molecule has 2 unspecified atom stereocenters. The SMILES string of the molecule is CC1CN(c2ccc(CNC(=O)/C=C/c3ccc(C(=O)NC4CC4)cc3)cn2)CC(C)O1. The van der Waals surface area contributed by atoms with Gasteiger partial charge in [0.2, 0.25) is 5.91 Å². The number of anilines is 1. The van der Waals surface area contributed by atoms with E-state index in [9.17, 15) is 9.59 Å². The minimum Gasteiger partial charge on any atom is -0.372 e. The topological polar surface area (TPSA) is 83.6 Å². The Morgan fingerprint density at radius 1 is 1.09 bits per heavy atom. The molecule has 1 aromatic heterocycles. The van der Waals surface area contributed by atoms with Gasteiger partial charge in [0.25, 0.3) is 5.91 Å². The Bertz CT molecular complexity index is 958. The summed E-state index contributed by atoms with van der Waals surface area (Å²) in [6.07, 6.45) is 7.53. The molecule has 2 aromatic rings. The first-order chi connectivity index (χ1) is 15.5. The number of ether oxygens (including phenoxy) is 1. The fourth-order valence-electron chi connectivity index (χ4n) is 3.74. The van der Waals surface area contributed by atoms with Gasteiger partial charge in [0.15, 0.2) is 0 Å². The molecule has 7 heteroatoms. The van der Waals surface area contributed by atoms with E-state index in [1.54, 1.807) is 24.4 Å². The number of carbonyl (C=O) groups excluding carboxylic acids is 2. The molecule has 2 aliphatic rings. The molecular formula is C25H30N4O3. The Hall–Kier alpha value is -3.19. The van der Waals surface area contributed by atoms with Crippen LogP contribution in [0, 0.1) is 0 Å². The molecule has 1 saturated carbocycles. The summed E-state index contributed by atoms with van der Waals surface area (Å²) in [4.78, 5) is 31.0. The number of pyridine rings is 1. The van der Waals surface area contributed by atoms with Crippen LogP contribution in [0.1, 0.15) is 48.2 Å². The van der Waals surface area contributed by atoms with Crippen LogP contribution < -0.4 is 15.5 Å². The fourth-order valence-corrected chi connectivity index (χ4v) is 3.74. The van der Waals surface area contributed by atoms with Crippen molar-refractivity contribution >= 4 is 23.7 Å². The third kappa shape index (κ3) is 6.17. The molecule has 2 atom stereocenters. The van der Waals surface area contributed by atoms with Crippen molar-refractivity contribution in [3.05, 3.63) is 65.4 Å². The summed E-state index contributed by atoms with van der Waals surface area (Å²) in [5.74, 6) is 0.703. The summed E-state index contributed by atoms with van der Waals surface area (Å²) in [5, 5.41) is 5.84. The van der Waals surface area contributed by atoms with E-state index in [-0.39, 0.29) is 24.0 Å². The largest absolute Gasteiger partial charge is 0.372 e. The van der Waals surface area contributed by atoms with Crippen LogP contribution in [0.5, 0.6) is 0 Å². The minimum atomic E-state index is -0.180. The summed E-state index contributed by atoms with van der Waals surface area (Å²) >= 11 is 0. The lowest BCUT2D eigenvalue weighted by atomic mass is 10.1. The van der Waals surface area contributed by atoms with Gasteiger partial charge in [-0.2, -0.15) is 0 Å². The van der Waals surface area contributed by atoms with Crippen LogP contribution in [0.2, 0.25) is 0 Å². The van der Waals surface area contributed by atoms with Crippen LogP contribution in [0.25, 0.3) is 6.08 Å². The fraction of sp³-hybridized carbons (Fsp3) is 0.400. The number of nitrogens with one attached hydrogen (secondary N) is 2. The molecule has 4 rings (SSSR count). The second-order valence-corrected chi connectivity index (χ2v) is 8.61. The summed E-state index contributed by atoms with van der Waals surface area (Å²) in [5.41, 5.74) is 2.44. The van der Waals surface area contributed by atoms with Gasteiger partial charge in [-0.1, -0.05) is 18.2 Å². The van der Waals surface area contributed by atoms with E-state index in [1.807, 2.05) is 24.3 Å². The average molecular weight is 435 g/mol. The zero-order chi connectivity index (χ0) is 22.5. The molecule has 1 aliphatic carbocycles. The highest BCUT2D eigenvalue weighted by atomic mass is 16.5. The molecule has 1 saturated heterocycles. The molecule has 1 aliphatic heterocycles. The van der Waals surface area contributed by atoms with Crippen molar-refractivity contribution < 1.29 is 14.3 Å². The van der Waals surface area contributed by atoms with E-state index in [1.165, 1.54) is 6.08 Å². The van der Waals surface area contributed by atoms with Crippen LogP contribution >= 0.6 is 0 Å². The zero-order valence-corrected chi connectivity index (χ0v) is 18.6. The van der Waals surface area contributed by atoms with Gasteiger partial charge >= 0.3 is 0 Å². The summed E-state index contributed by atoms with van der Waals surface area (Å²) in [7, 11) is 0. The van der Waals surface area contributed by atoms with Gasteiger partial charge in [-0.25, -0.2) is 4.98 Å². The van der Waals surface area contributed by atoms with Crippen molar-refractivity contribution in [2.24, 2.45) is 0 Å². The van der Waals surface area contributed by atoms with Crippen LogP contribution in [0.3, 0.4) is 0 Å². The molecule has 2 heterocycles. The van der Waals surface area contributed by atoms with Crippen molar-refractivity contribution in [3.8, 4) is 0 Å². The number of morpholine rings is 1. The molecule has 0 bridgehead atoms. The molecule has 7 nitrogen and oxygen atoms in total. The van der Waals surface area contributed by atoms with E-state index in [0.717, 1.165) is 42.9 Å². The second-order valence-electron chi connectivity index (χ2n) is 8.61. The first-order valence-electron chi connectivity index (χ1n) is 11.2.